The summed E-state index contributed by atoms with van der Waals surface area (Å²) in [4.78, 5) is 1.32. The third kappa shape index (κ3) is 2.31. The molecule has 1 aromatic heterocycles. The van der Waals surface area contributed by atoms with Crippen molar-refractivity contribution in [2.75, 3.05) is 6.61 Å². The van der Waals surface area contributed by atoms with Crippen molar-refractivity contribution in [2.24, 2.45) is 0 Å². The van der Waals surface area contributed by atoms with Crippen molar-refractivity contribution in [3.8, 4) is 0 Å². The van der Waals surface area contributed by atoms with Crippen LogP contribution < -0.4 is 0 Å². The average Bonchev–Trinajstić information content (AvgIpc) is 2.36. The van der Waals surface area contributed by atoms with Gasteiger partial charge in [0.15, 0.2) is 0 Å². The van der Waals surface area contributed by atoms with Gasteiger partial charge in [0.25, 0.3) is 0 Å². The van der Waals surface area contributed by atoms with Gasteiger partial charge in [0, 0.05) is 16.9 Å². The lowest BCUT2D eigenvalue weighted by atomic mass is 9.88. The van der Waals surface area contributed by atoms with Crippen molar-refractivity contribution in [2.45, 2.75) is 25.7 Å². The van der Waals surface area contributed by atoms with E-state index in [1.54, 1.807) is 11.3 Å². The van der Waals surface area contributed by atoms with Crippen LogP contribution in [-0.4, -0.2) is 11.7 Å². The van der Waals surface area contributed by atoms with Crippen molar-refractivity contribution >= 4 is 27.3 Å². The summed E-state index contributed by atoms with van der Waals surface area (Å²) >= 11 is 5.17. The lowest BCUT2D eigenvalue weighted by molar-refractivity contribution is 0.254. The van der Waals surface area contributed by atoms with Gasteiger partial charge < -0.3 is 5.11 Å². The first kappa shape index (κ1) is 10.2. The van der Waals surface area contributed by atoms with E-state index in [4.69, 9.17) is 5.11 Å². The SMILES string of the molecule is CC(C)(CCO)c1ccc(Br)s1. The second kappa shape index (κ2) is 3.90. The standard InChI is InChI=1S/C9H13BrOS/c1-9(2,5-6-11)7-3-4-8(10)12-7/h3-4,11H,5-6H2,1-2H3. The first-order valence-electron chi connectivity index (χ1n) is 3.93. The Kier molecular flexibility index (Phi) is 3.32. The second-order valence-corrected chi connectivity index (χ2v) is 5.92. The van der Waals surface area contributed by atoms with Crippen LogP contribution in [0, 0.1) is 0 Å². The minimum absolute atomic E-state index is 0.103. The highest BCUT2D eigenvalue weighted by atomic mass is 79.9. The Morgan fingerprint density at radius 2 is 2.17 bits per heavy atom. The number of halogens is 1. The zero-order valence-electron chi connectivity index (χ0n) is 7.30. The molecule has 0 fully saturated rings. The van der Waals surface area contributed by atoms with E-state index in [-0.39, 0.29) is 12.0 Å². The van der Waals surface area contributed by atoms with Crippen LogP contribution in [0.3, 0.4) is 0 Å². The highest BCUT2D eigenvalue weighted by Gasteiger charge is 2.21. The molecule has 0 radical (unpaired) electrons. The number of thiophene rings is 1. The van der Waals surface area contributed by atoms with Gasteiger partial charge in [-0.05, 0) is 34.5 Å². The molecule has 0 saturated carbocycles. The first-order valence-corrected chi connectivity index (χ1v) is 5.54. The lowest BCUT2D eigenvalue weighted by Crippen LogP contribution is -2.16. The predicted molar refractivity (Wildman–Crippen MR) is 56.7 cm³/mol. The third-order valence-corrected chi connectivity index (χ3v) is 3.97. The maximum Gasteiger partial charge on any atom is 0.0701 e. The van der Waals surface area contributed by atoms with E-state index >= 15 is 0 Å². The fourth-order valence-corrected chi connectivity index (χ4v) is 2.60. The molecule has 1 N–H and O–H groups in total. The van der Waals surface area contributed by atoms with E-state index in [0.717, 1.165) is 10.2 Å². The molecule has 0 amide bonds. The minimum Gasteiger partial charge on any atom is -0.396 e. The minimum atomic E-state index is 0.103. The molecule has 1 rings (SSSR count). The summed E-state index contributed by atoms with van der Waals surface area (Å²) in [7, 11) is 0. The fraction of sp³-hybridized carbons (Fsp3) is 0.556. The monoisotopic (exact) mass is 248 g/mol. The van der Waals surface area contributed by atoms with E-state index in [2.05, 4.69) is 41.9 Å². The zero-order chi connectivity index (χ0) is 9.19. The Morgan fingerprint density at radius 3 is 2.58 bits per heavy atom. The van der Waals surface area contributed by atoms with Crippen molar-refractivity contribution in [3.63, 3.8) is 0 Å². The van der Waals surface area contributed by atoms with Crippen LogP contribution in [0.5, 0.6) is 0 Å². The second-order valence-electron chi connectivity index (χ2n) is 3.46. The number of rotatable bonds is 3. The molecule has 0 aliphatic carbocycles. The summed E-state index contributed by atoms with van der Waals surface area (Å²) in [6, 6.07) is 4.17. The van der Waals surface area contributed by atoms with E-state index in [1.165, 1.54) is 4.88 Å². The fourth-order valence-electron chi connectivity index (χ4n) is 1.08. The lowest BCUT2D eigenvalue weighted by Gasteiger charge is -2.21. The maximum absolute atomic E-state index is 8.86. The Bertz CT molecular complexity index is 255. The van der Waals surface area contributed by atoms with Gasteiger partial charge in [0.2, 0.25) is 0 Å². The van der Waals surface area contributed by atoms with Gasteiger partial charge >= 0.3 is 0 Å². The van der Waals surface area contributed by atoms with Crippen molar-refractivity contribution in [1.82, 2.24) is 0 Å². The van der Waals surface area contributed by atoms with Crippen LogP contribution in [0.1, 0.15) is 25.1 Å². The number of aliphatic hydroxyl groups is 1. The van der Waals surface area contributed by atoms with Crippen LogP contribution in [-0.2, 0) is 5.41 Å². The molecule has 0 atom stereocenters. The largest absolute Gasteiger partial charge is 0.396 e. The third-order valence-electron chi connectivity index (χ3n) is 1.98. The molecule has 68 valence electrons. The molecule has 3 heteroatoms. The number of hydrogen-bond acceptors (Lipinski definition) is 2. The van der Waals surface area contributed by atoms with Crippen LogP contribution in [0.2, 0.25) is 0 Å². The van der Waals surface area contributed by atoms with Gasteiger partial charge in [-0.25, -0.2) is 0 Å². The Labute approximate surface area is 85.6 Å². The highest BCUT2D eigenvalue weighted by Crippen LogP contribution is 2.34. The average molecular weight is 249 g/mol. The van der Waals surface area contributed by atoms with E-state index < -0.39 is 0 Å². The molecular formula is C9H13BrOS. The van der Waals surface area contributed by atoms with Crippen LogP contribution in [0.15, 0.2) is 15.9 Å². The summed E-state index contributed by atoms with van der Waals surface area (Å²) < 4.78 is 1.16. The molecule has 1 nitrogen and oxygen atoms in total. The Hall–Kier alpha value is 0.140. The quantitative estimate of drug-likeness (QED) is 0.872. The summed E-state index contributed by atoms with van der Waals surface area (Å²) in [5, 5.41) is 8.86. The summed E-state index contributed by atoms with van der Waals surface area (Å²) in [6.07, 6.45) is 0.819. The normalized spacial score (nSPS) is 12.0. The summed E-state index contributed by atoms with van der Waals surface area (Å²) in [6.45, 7) is 4.56. The van der Waals surface area contributed by atoms with Gasteiger partial charge in [-0.1, -0.05) is 13.8 Å². The Balaban J connectivity index is 2.81. The molecule has 1 heterocycles. The molecular weight excluding hydrogens is 236 g/mol. The van der Waals surface area contributed by atoms with Crippen LogP contribution >= 0.6 is 27.3 Å². The molecule has 1 aromatic rings. The molecule has 0 bridgehead atoms. The van der Waals surface area contributed by atoms with Gasteiger partial charge in [-0.2, -0.15) is 0 Å². The van der Waals surface area contributed by atoms with E-state index in [9.17, 15) is 0 Å². The van der Waals surface area contributed by atoms with Crippen molar-refractivity contribution < 1.29 is 5.11 Å². The van der Waals surface area contributed by atoms with Crippen molar-refractivity contribution in [1.29, 1.82) is 0 Å². The highest BCUT2D eigenvalue weighted by molar-refractivity contribution is 9.11. The number of aliphatic hydroxyl groups excluding tert-OH is 1. The number of hydrogen-bond donors (Lipinski definition) is 1. The molecule has 0 aliphatic rings. The molecule has 0 unspecified atom stereocenters. The molecule has 0 aliphatic heterocycles. The summed E-state index contributed by atoms with van der Waals surface area (Å²) in [5.41, 5.74) is 0.103. The van der Waals surface area contributed by atoms with E-state index in [1.807, 2.05) is 0 Å². The predicted octanol–water partition coefficient (Wildman–Crippen LogP) is 3.17. The zero-order valence-corrected chi connectivity index (χ0v) is 9.70. The van der Waals surface area contributed by atoms with Crippen LogP contribution in [0.4, 0.5) is 0 Å². The van der Waals surface area contributed by atoms with Crippen molar-refractivity contribution in [3.05, 3.63) is 20.8 Å². The molecule has 0 aromatic carbocycles. The maximum atomic E-state index is 8.86. The van der Waals surface area contributed by atoms with E-state index in [0.29, 0.717) is 0 Å². The smallest absolute Gasteiger partial charge is 0.0701 e. The van der Waals surface area contributed by atoms with Crippen LogP contribution in [0.25, 0.3) is 0 Å². The van der Waals surface area contributed by atoms with Gasteiger partial charge in [0.05, 0.1) is 3.79 Å². The van der Waals surface area contributed by atoms with Gasteiger partial charge in [-0.3, -0.25) is 0 Å². The molecule has 0 spiro atoms. The van der Waals surface area contributed by atoms with Gasteiger partial charge in [0.1, 0.15) is 0 Å². The molecule has 12 heavy (non-hydrogen) atoms. The van der Waals surface area contributed by atoms with Gasteiger partial charge in [-0.15, -0.1) is 11.3 Å². The summed E-state index contributed by atoms with van der Waals surface area (Å²) in [5.74, 6) is 0. The Morgan fingerprint density at radius 1 is 1.50 bits per heavy atom. The first-order chi connectivity index (χ1) is 5.56. The topological polar surface area (TPSA) is 20.2 Å². The molecule has 0 saturated heterocycles.